The highest BCUT2D eigenvalue weighted by molar-refractivity contribution is 5.94. The van der Waals surface area contributed by atoms with Crippen LogP contribution in [0.2, 0.25) is 0 Å². The summed E-state index contributed by atoms with van der Waals surface area (Å²) in [6.45, 7) is 4.74. The highest BCUT2D eigenvalue weighted by Crippen LogP contribution is 2.18. The number of piperazine rings is 1. The van der Waals surface area contributed by atoms with Crippen LogP contribution in [0.3, 0.4) is 0 Å². The number of β-amino-alcohol motifs (C(OH)–C–C–N with tert-alkyl or cyclic N) is 1. The van der Waals surface area contributed by atoms with Crippen molar-refractivity contribution < 1.29 is 27.0 Å². The number of benzene rings is 1. The average Bonchev–Trinajstić information content (AvgIpc) is 2.69. The number of carbonyl (C=O) groups excluding carboxylic acids is 1. The minimum atomic E-state index is -0.467. The van der Waals surface area contributed by atoms with Crippen LogP contribution in [-0.4, -0.2) is 72.9 Å². The van der Waals surface area contributed by atoms with E-state index in [0.29, 0.717) is 32.2 Å². The molecule has 0 bridgehead atoms. The van der Waals surface area contributed by atoms with Crippen LogP contribution in [0, 0.1) is 5.92 Å². The smallest absolute Gasteiger partial charge is 0.253 e. The van der Waals surface area contributed by atoms with Crippen LogP contribution in [0.15, 0.2) is 42.5 Å². The first-order chi connectivity index (χ1) is 12.7. The third-order valence-electron chi connectivity index (χ3n) is 5.19. The van der Waals surface area contributed by atoms with Crippen molar-refractivity contribution in [1.29, 1.82) is 0 Å². The fourth-order valence-corrected chi connectivity index (χ4v) is 3.63. The number of hydrogen-bond acceptors (Lipinski definition) is 4. The zero-order valence-electron chi connectivity index (χ0n) is 15.8. The third kappa shape index (κ3) is 6.92. The Morgan fingerprint density at radius 1 is 1.15 bits per heavy atom. The lowest BCUT2D eigenvalue weighted by Crippen LogP contribution is -3.00. The van der Waals surface area contributed by atoms with E-state index in [2.05, 4.69) is 17.1 Å². The molecular weight excluding hydrogens is 364 g/mol. The van der Waals surface area contributed by atoms with E-state index in [1.165, 1.54) is 6.42 Å². The fraction of sp³-hybridized carbons (Fsp3) is 0.571. The van der Waals surface area contributed by atoms with Gasteiger partial charge in [-0.05, 0) is 37.3 Å². The zero-order chi connectivity index (χ0) is 18.2. The number of hydrogen-bond donors (Lipinski definition) is 1. The van der Waals surface area contributed by atoms with Gasteiger partial charge in [-0.1, -0.05) is 30.4 Å². The number of allylic oxidation sites excluding steroid dienone is 2. The van der Waals surface area contributed by atoms with Crippen molar-refractivity contribution in [3.8, 4) is 0 Å². The highest BCUT2D eigenvalue weighted by atomic mass is 35.5. The quantitative estimate of drug-likeness (QED) is 0.615. The minimum absolute atomic E-state index is 0. The summed E-state index contributed by atoms with van der Waals surface area (Å²) in [6.07, 6.45) is 7.41. The summed E-state index contributed by atoms with van der Waals surface area (Å²) in [5, 5.41) is 10.2. The van der Waals surface area contributed by atoms with Gasteiger partial charge in [0.05, 0.1) is 12.7 Å². The van der Waals surface area contributed by atoms with Gasteiger partial charge in [0.25, 0.3) is 5.91 Å². The first-order valence-corrected chi connectivity index (χ1v) is 9.70. The largest absolute Gasteiger partial charge is 1.00 e. The normalized spacial score (nSPS) is 21.5. The van der Waals surface area contributed by atoms with Gasteiger partial charge in [-0.2, -0.15) is 0 Å². The highest BCUT2D eigenvalue weighted by Gasteiger charge is 2.23. The molecule has 5 nitrogen and oxygen atoms in total. The Hall–Kier alpha value is -1.40. The molecule has 1 aliphatic heterocycles. The van der Waals surface area contributed by atoms with Crippen molar-refractivity contribution >= 4 is 5.91 Å². The van der Waals surface area contributed by atoms with Crippen LogP contribution >= 0.6 is 0 Å². The number of nitrogens with zero attached hydrogens (tertiary/aromatic N) is 2. The molecule has 1 aromatic rings. The van der Waals surface area contributed by atoms with Crippen molar-refractivity contribution in [3.63, 3.8) is 0 Å². The molecule has 0 spiro atoms. The first-order valence-electron chi connectivity index (χ1n) is 9.70. The molecule has 1 N–H and O–H groups in total. The van der Waals surface area contributed by atoms with Gasteiger partial charge in [0.15, 0.2) is 0 Å². The molecule has 0 aromatic heterocycles. The standard InChI is InChI=1S/C21H30N2O3.ClH/c24-20(17-26-16-18-7-3-1-4-8-18)15-22-11-13-23(14-12-22)21(25)19-9-5-2-6-10-19;/h1-3,5-6,9-10,18,20,24H,4,7-8,11-17H2;1H/p-1. The molecule has 6 heteroatoms. The van der Waals surface area contributed by atoms with E-state index in [1.54, 1.807) is 0 Å². The Balaban J connectivity index is 0.00000261. The number of halogens is 1. The van der Waals surface area contributed by atoms with Crippen LogP contribution in [0.4, 0.5) is 0 Å². The van der Waals surface area contributed by atoms with Crippen LogP contribution in [0.25, 0.3) is 0 Å². The van der Waals surface area contributed by atoms with Crippen LogP contribution < -0.4 is 12.4 Å². The molecule has 2 atom stereocenters. The molecule has 3 rings (SSSR count). The summed E-state index contributed by atoms with van der Waals surface area (Å²) in [4.78, 5) is 16.6. The minimum Gasteiger partial charge on any atom is -1.00 e. The summed E-state index contributed by atoms with van der Waals surface area (Å²) >= 11 is 0. The molecular formula is C21H30ClN2O3-. The van der Waals surface area contributed by atoms with Crippen molar-refractivity contribution in [1.82, 2.24) is 9.80 Å². The summed E-state index contributed by atoms with van der Waals surface area (Å²) in [7, 11) is 0. The van der Waals surface area contributed by atoms with Gasteiger partial charge < -0.3 is 27.2 Å². The molecule has 1 heterocycles. The molecule has 1 saturated heterocycles. The lowest BCUT2D eigenvalue weighted by Gasteiger charge is -2.35. The lowest BCUT2D eigenvalue weighted by molar-refractivity contribution is -0.00304. The monoisotopic (exact) mass is 393 g/mol. The molecule has 27 heavy (non-hydrogen) atoms. The van der Waals surface area contributed by atoms with Crippen molar-refractivity contribution in [2.24, 2.45) is 5.92 Å². The molecule has 0 radical (unpaired) electrons. The summed E-state index contributed by atoms with van der Waals surface area (Å²) in [6, 6.07) is 9.42. The number of ether oxygens (including phenoxy) is 1. The van der Waals surface area contributed by atoms with Gasteiger partial charge in [0.2, 0.25) is 0 Å². The second-order valence-electron chi connectivity index (χ2n) is 7.30. The molecule has 1 amide bonds. The fourth-order valence-electron chi connectivity index (χ4n) is 3.63. The van der Waals surface area contributed by atoms with Crippen LogP contribution in [0.1, 0.15) is 29.6 Å². The number of rotatable bonds is 7. The molecule has 1 aliphatic carbocycles. The summed E-state index contributed by atoms with van der Waals surface area (Å²) in [5.41, 5.74) is 0.743. The predicted octanol–water partition coefficient (Wildman–Crippen LogP) is -0.818. The van der Waals surface area contributed by atoms with Crippen LogP contribution in [0.5, 0.6) is 0 Å². The van der Waals surface area contributed by atoms with Gasteiger partial charge in [-0.3, -0.25) is 9.69 Å². The SMILES string of the molecule is O=C(c1ccccc1)N1CCN(CC(O)COCC2CC=CCC2)CC1.[Cl-]. The van der Waals surface area contributed by atoms with E-state index in [-0.39, 0.29) is 18.3 Å². The van der Waals surface area contributed by atoms with Gasteiger partial charge in [-0.25, -0.2) is 0 Å². The van der Waals surface area contributed by atoms with E-state index in [1.807, 2.05) is 35.2 Å². The number of aliphatic hydroxyl groups is 1. The molecule has 1 aromatic carbocycles. The van der Waals surface area contributed by atoms with E-state index in [4.69, 9.17) is 4.74 Å². The van der Waals surface area contributed by atoms with E-state index in [0.717, 1.165) is 38.1 Å². The topological polar surface area (TPSA) is 53.0 Å². The van der Waals surface area contributed by atoms with Gasteiger partial charge in [-0.15, -0.1) is 0 Å². The third-order valence-corrected chi connectivity index (χ3v) is 5.19. The Morgan fingerprint density at radius 2 is 1.89 bits per heavy atom. The maximum Gasteiger partial charge on any atom is 0.253 e. The maximum absolute atomic E-state index is 12.5. The van der Waals surface area contributed by atoms with E-state index in [9.17, 15) is 9.90 Å². The lowest BCUT2D eigenvalue weighted by atomic mass is 9.95. The molecule has 2 unspecified atom stereocenters. The average molecular weight is 394 g/mol. The second kappa shape index (κ2) is 11.4. The molecule has 2 aliphatic rings. The Morgan fingerprint density at radius 3 is 2.56 bits per heavy atom. The van der Waals surface area contributed by atoms with Crippen molar-refractivity contribution in [2.75, 3.05) is 45.9 Å². The van der Waals surface area contributed by atoms with E-state index < -0.39 is 6.10 Å². The maximum atomic E-state index is 12.5. The molecule has 0 saturated carbocycles. The molecule has 150 valence electrons. The number of amides is 1. The number of carbonyl (C=O) groups is 1. The van der Waals surface area contributed by atoms with Gasteiger partial charge in [0, 0.05) is 44.9 Å². The number of aliphatic hydroxyl groups excluding tert-OH is 1. The van der Waals surface area contributed by atoms with Gasteiger partial charge in [0.1, 0.15) is 0 Å². The van der Waals surface area contributed by atoms with Gasteiger partial charge >= 0.3 is 0 Å². The van der Waals surface area contributed by atoms with Crippen molar-refractivity contribution in [3.05, 3.63) is 48.0 Å². The predicted molar refractivity (Wildman–Crippen MR) is 102 cm³/mol. The van der Waals surface area contributed by atoms with Crippen molar-refractivity contribution in [2.45, 2.75) is 25.4 Å². The second-order valence-corrected chi connectivity index (χ2v) is 7.30. The Kier molecular flexibility index (Phi) is 9.28. The van der Waals surface area contributed by atoms with E-state index >= 15 is 0 Å². The Bertz CT molecular complexity index is 588. The Labute approximate surface area is 168 Å². The first kappa shape index (κ1) is 21.9. The van der Waals surface area contributed by atoms with Crippen LogP contribution in [-0.2, 0) is 4.74 Å². The molecule has 1 fully saturated rings. The zero-order valence-corrected chi connectivity index (χ0v) is 16.6. The summed E-state index contributed by atoms with van der Waals surface area (Å²) < 4.78 is 5.72. The summed E-state index contributed by atoms with van der Waals surface area (Å²) in [5.74, 6) is 0.690.